The van der Waals surface area contributed by atoms with Crippen LogP contribution in [0.2, 0.25) is 0 Å². The van der Waals surface area contributed by atoms with Gasteiger partial charge in [-0.15, -0.1) is 0 Å². The standard InChI is InChI=1S/C9H21NO3/c1-8(12-3)5-10-6-9(13-4)7-11-2/h8-10H,5-7H2,1-4H3. The van der Waals surface area contributed by atoms with Crippen molar-refractivity contribution < 1.29 is 14.2 Å². The normalized spacial score (nSPS) is 15.7. The largest absolute Gasteiger partial charge is 0.382 e. The average molecular weight is 191 g/mol. The average Bonchev–Trinajstić information content (AvgIpc) is 2.16. The summed E-state index contributed by atoms with van der Waals surface area (Å²) in [7, 11) is 5.06. The zero-order valence-electron chi connectivity index (χ0n) is 9.00. The quantitative estimate of drug-likeness (QED) is 0.598. The zero-order valence-corrected chi connectivity index (χ0v) is 9.00. The highest BCUT2D eigenvalue weighted by Gasteiger charge is 2.06. The smallest absolute Gasteiger partial charge is 0.0928 e. The lowest BCUT2D eigenvalue weighted by atomic mass is 10.3. The molecule has 80 valence electrons. The maximum absolute atomic E-state index is 5.18. The molecule has 0 aromatic carbocycles. The van der Waals surface area contributed by atoms with Crippen LogP contribution in [0.1, 0.15) is 6.92 Å². The van der Waals surface area contributed by atoms with Gasteiger partial charge in [-0.1, -0.05) is 0 Å². The van der Waals surface area contributed by atoms with Crippen LogP contribution in [-0.2, 0) is 14.2 Å². The van der Waals surface area contributed by atoms with Crippen LogP contribution in [0.5, 0.6) is 0 Å². The van der Waals surface area contributed by atoms with Gasteiger partial charge in [-0.05, 0) is 6.92 Å². The Bertz CT molecular complexity index is 111. The molecule has 0 saturated heterocycles. The van der Waals surface area contributed by atoms with E-state index in [9.17, 15) is 0 Å². The number of hydrogen-bond donors (Lipinski definition) is 1. The molecule has 0 spiro atoms. The third kappa shape index (κ3) is 6.95. The second kappa shape index (κ2) is 8.44. The summed E-state index contributed by atoms with van der Waals surface area (Å²) in [5, 5.41) is 3.24. The molecule has 0 saturated carbocycles. The number of hydrogen-bond acceptors (Lipinski definition) is 4. The topological polar surface area (TPSA) is 39.7 Å². The first kappa shape index (κ1) is 12.8. The Hall–Kier alpha value is -0.160. The number of methoxy groups -OCH3 is 3. The van der Waals surface area contributed by atoms with Crippen molar-refractivity contribution in [1.82, 2.24) is 5.32 Å². The molecule has 0 fully saturated rings. The second-order valence-electron chi connectivity index (χ2n) is 3.02. The van der Waals surface area contributed by atoms with Crippen LogP contribution < -0.4 is 5.32 Å². The monoisotopic (exact) mass is 191 g/mol. The summed E-state index contributed by atoms with van der Waals surface area (Å²) in [5.74, 6) is 0. The van der Waals surface area contributed by atoms with Crippen LogP contribution in [0.15, 0.2) is 0 Å². The van der Waals surface area contributed by atoms with Crippen molar-refractivity contribution >= 4 is 0 Å². The molecule has 4 nitrogen and oxygen atoms in total. The maximum Gasteiger partial charge on any atom is 0.0928 e. The van der Waals surface area contributed by atoms with Gasteiger partial charge in [0.05, 0.1) is 18.8 Å². The van der Waals surface area contributed by atoms with Gasteiger partial charge in [-0.3, -0.25) is 0 Å². The van der Waals surface area contributed by atoms with E-state index in [1.807, 2.05) is 6.92 Å². The summed E-state index contributed by atoms with van der Waals surface area (Å²) in [5.41, 5.74) is 0. The third-order valence-electron chi connectivity index (χ3n) is 1.89. The molecule has 13 heavy (non-hydrogen) atoms. The van der Waals surface area contributed by atoms with Gasteiger partial charge in [0, 0.05) is 34.4 Å². The van der Waals surface area contributed by atoms with Crippen LogP contribution in [0.3, 0.4) is 0 Å². The number of ether oxygens (including phenoxy) is 3. The minimum Gasteiger partial charge on any atom is -0.382 e. The Kier molecular flexibility index (Phi) is 8.33. The second-order valence-corrected chi connectivity index (χ2v) is 3.02. The summed E-state index contributed by atoms with van der Waals surface area (Å²) in [6.07, 6.45) is 0.356. The SMILES string of the molecule is COCC(CNCC(C)OC)OC. The lowest BCUT2D eigenvalue weighted by molar-refractivity contribution is 0.0261. The Morgan fingerprint density at radius 2 is 1.77 bits per heavy atom. The Balaban J connectivity index is 3.37. The number of nitrogens with one attached hydrogen (secondary N) is 1. The molecule has 0 amide bonds. The summed E-state index contributed by atoms with van der Waals surface area (Å²) < 4.78 is 15.3. The Morgan fingerprint density at radius 3 is 2.23 bits per heavy atom. The first-order valence-corrected chi connectivity index (χ1v) is 4.49. The van der Waals surface area contributed by atoms with Crippen LogP contribution >= 0.6 is 0 Å². The van der Waals surface area contributed by atoms with E-state index in [-0.39, 0.29) is 12.2 Å². The minimum atomic E-state index is 0.119. The molecule has 2 atom stereocenters. The molecule has 2 unspecified atom stereocenters. The van der Waals surface area contributed by atoms with Crippen molar-refractivity contribution in [3.8, 4) is 0 Å². The molecule has 4 heteroatoms. The lowest BCUT2D eigenvalue weighted by Gasteiger charge is -2.16. The fourth-order valence-corrected chi connectivity index (χ4v) is 0.927. The molecule has 0 aromatic heterocycles. The predicted molar refractivity (Wildman–Crippen MR) is 52.0 cm³/mol. The molecular weight excluding hydrogens is 170 g/mol. The summed E-state index contributed by atoms with van der Waals surface area (Å²) in [6.45, 7) is 4.26. The molecule has 0 rings (SSSR count). The maximum atomic E-state index is 5.18. The van der Waals surface area contributed by atoms with Gasteiger partial charge >= 0.3 is 0 Å². The van der Waals surface area contributed by atoms with Crippen molar-refractivity contribution in [2.45, 2.75) is 19.1 Å². The molecule has 1 N–H and O–H groups in total. The Labute approximate surface area is 80.5 Å². The fraction of sp³-hybridized carbons (Fsp3) is 1.00. The predicted octanol–water partition coefficient (Wildman–Crippen LogP) is 0.272. The van der Waals surface area contributed by atoms with Crippen molar-refractivity contribution in [1.29, 1.82) is 0 Å². The van der Waals surface area contributed by atoms with Gasteiger partial charge in [0.2, 0.25) is 0 Å². The lowest BCUT2D eigenvalue weighted by Crippen LogP contribution is -2.35. The number of rotatable bonds is 8. The van der Waals surface area contributed by atoms with E-state index in [1.54, 1.807) is 21.3 Å². The first-order valence-electron chi connectivity index (χ1n) is 4.49. The van der Waals surface area contributed by atoms with Crippen molar-refractivity contribution in [2.75, 3.05) is 41.0 Å². The minimum absolute atomic E-state index is 0.119. The summed E-state index contributed by atoms with van der Waals surface area (Å²) in [6, 6.07) is 0. The molecule has 0 aliphatic carbocycles. The van der Waals surface area contributed by atoms with E-state index in [1.165, 1.54) is 0 Å². The van der Waals surface area contributed by atoms with Crippen molar-refractivity contribution in [3.05, 3.63) is 0 Å². The molecule has 0 aliphatic heterocycles. The van der Waals surface area contributed by atoms with Crippen LogP contribution in [0.25, 0.3) is 0 Å². The zero-order chi connectivity index (χ0) is 10.1. The Morgan fingerprint density at radius 1 is 1.08 bits per heavy atom. The van der Waals surface area contributed by atoms with Gasteiger partial charge < -0.3 is 19.5 Å². The van der Waals surface area contributed by atoms with E-state index in [4.69, 9.17) is 14.2 Å². The molecular formula is C9H21NO3. The van der Waals surface area contributed by atoms with Gasteiger partial charge in [0.1, 0.15) is 0 Å². The van der Waals surface area contributed by atoms with E-state index >= 15 is 0 Å². The van der Waals surface area contributed by atoms with Crippen LogP contribution in [0, 0.1) is 0 Å². The van der Waals surface area contributed by atoms with E-state index in [2.05, 4.69) is 5.32 Å². The van der Waals surface area contributed by atoms with Crippen LogP contribution in [0.4, 0.5) is 0 Å². The highest BCUT2D eigenvalue weighted by atomic mass is 16.5. The van der Waals surface area contributed by atoms with Gasteiger partial charge in [0.15, 0.2) is 0 Å². The summed E-state index contributed by atoms with van der Waals surface area (Å²) >= 11 is 0. The van der Waals surface area contributed by atoms with E-state index in [0.29, 0.717) is 6.61 Å². The molecule has 0 aliphatic rings. The van der Waals surface area contributed by atoms with Crippen molar-refractivity contribution in [2.24, 2.45) is 0 Å². The third-order valence-corrected chi connectivity index (χ3v) is 1.89. The first-order chi connectivity index (χ1) is 6.24. The highest BCUT2D eigenvalue weighted by Crippen LogP contribution is 1.89. The van der Waals surface area contributed by atoms with Crippen molar-refractivity contribution in [3.63, 3.8) is 0 Å². The van der Waals surface area contributed by atoms with E-state index in [0.717, 1.165) is 13.1 Å². The highest BCUT2D eigenvalue weighted by molar-refractivity contribution is 4.62. The molecule has 0 heterocycles. The molecule has 0 radical (unpaired) electrons. The van der Waals surface area contributed by atoms with Gasteiger partial charge in [0.25, 0.3) is 0 Å². The van der Waals surface area contributed by atoms with Crippen LogP contribution in [-0.4, -0.2) is 53.2 Å². The molecule has 0 aromatic rings. The molecule has 0 bridgehead atoms. The van der Waals surface area contributed by atoms with Gasteiger partial charge in [-0.2, -0.15) is 0 Å². The van der Waals surface area contributed by atoms with E-state index < -0.39 is 0 Å². The summed E-state index contributed by atoms with van der Waals surface area (Å²) in [4.78, 5) is 0. The fourth-order valence-electron chi connectivity index (χ4n) is 0.927. The van der Waals surface area contributed by atoms with Gasteiger partial charge in [-0.25, -0.2) is 0 Å².